The molecule has 0 unspecified atom stereocenters. The average Bonchev–Trinajstić information content (AvgIpc) is 2.75. The lowest BCUT2D eigenvalue weighted by molar-refractivity contribution is -0.119. The Morgan fingerprint density at radius 2 is 1.43 bits per heavy atom. The number of amides is 2. The Morgan fingerprint density at radius 3 is 1.93 bits per heavy atom. The molecule has 2 aromatic rings. The molecule has 8 heteroatoms. The van der Waals surface area contributed by atoms with Gasteiger partial charge in [-0.1, -0.05) is 0 Å². The highest BCUT2D eigenvalue weighted by molar-refractivity contribution is 5.94. The molecular weight excluding hydrogens is 384 g/mol. The van der Waals surface area contributed by atoms with Gasteiger partial charge in [0.1, 0.15) is 5.75 Å². The van der Waals surface area contributed by atoms with E-state index in [0.717, 1.165) is 43.4 Å². The highest BCUT2D eigenvalue weighted by atomic mass is 16.5. The van der Waals surface area contributed by atoms with Gasteiger partial charge in [0.2, 0.25) is 11.8 Å². The van der Waals surface area contributed by atoms with Crippen molar-refractivity contribution in [2.24, 2.45) is 0 Å². The maximum absolute atomic E-state index is 12.3. The zero-order valence-corrected chi connectivity index (χ0v) is 17.4. The van der Waals surface area contributed by atoms with Gasteiger partial charge in [0, 0.05) is 30.2 Å². The lowest BCUT2D eigenvalue weighted by Gasteiger charge is -2.28. The summed E-state index contributed by atoms with van der Waals surface area (Å²) in [5, 5.41) is 5.67. The molecule has 0 bridgehead atoms. The van der Waals surface area contributed by atoms with Crippen LogP contribution in [0.4, 0.5) is 17.1 Å². The fraction of sp³-hybridized carbons (Fsp3) is 0.364. The molecule has 0 atom stereocenters. The maximum Gasteiger partial charge on any atom is 0.238 e. The Hall–Kier alpha value is -3.10. The molecule has 30 heavy (non-hydrogen) atoms. The maximum atomic E-state index is 12.3. The minimum Gasteiger partial charge on any atom is -0.497 e. The topological polar surface area (TPSA) is 83.1 Å². The summed E-state index contributed by atoms with van der Waals surface area (Å²) in [6.45, 7) is 3.43. The number of carbonyl (C=O) groups excluding carboxylic acids is 2. The summed E-state index contributed by atoms with van der Waals surface area (Å²) < 4.78 is 10.5. The number of hydrogen-bond acceptors (Lipinski definition) is 6. The highest BCUT2D eigenvalue weighted by Gasteiger charge is 2.13. The molecule has 0 aliphatic carbocycles. The molecule has 1 heterocycles. The quantitative estimate of drug-likeness (QED) is 0.691. The zero-order chi connectivity index (χ0) is 21.3. The van der Waals surface area contributed by atoms with E-state index >= 15 is 0 Å². The summed E-state index contributed by atoms with van der Waals surface area (Å²) in [5.74, 6) is 0.360. The molecule has 0 aromatic heterocycles. The van der Waals surface area contributed by atoms with Crippen LogP contribution in [0.2, 0.25) is 0 Å². The van der Waals surface area contributed by atoms with E-state index in [1.165, 1.54) is 0 Å². The smallest absolute Gasteiger partial charge is 0.238 e. The van der Waals surface area contributed by atoms with Crippen molar-refractivity contribution in [1.82, 2.24) is 4.90 Å². The summed E-state index contributed by atoms with van der Waals surface area (Å²) in [5.41, 5.74) is 2.52. The molecule has 160 valence electrons. The summed E-state index contributed by atoms with van der Waals surface area (Å²) in [6, 6.07) is 14.8. The van der Waals surface area contributed by atoms with Crippen molar-refractivity contribution in [3.05, 3.63) is 48.5 Å². The van der Waals surface area contributed by atoms with E-state index in [9.17, 15) is 9.59 Å². The molecule has 3 rings (SSSR count). The minimum atomic E-state index is -0.190. The molecule has 1 saturated heterocycles. The zero-order valence-electron chi connectivity index (χ0n) is 17.4. The molecule has 2 aromatic carbocycles. The molecule has 1 aliphatic rings. The second kappa shape index (κ2) is 10.6. The minimum absolute atomic E-state index is 0.107. The predicted octanol–water partition coefficient (Wildman–Crippen LogP) is 2.04. The average molecular weight is 412 g/mol. The van der Waals surface area contributed by atoms with Gasteiger partial charge < -0.3 is 25.0 Å². The van der Waals surface area contributed by atoms with Crippen LogP contribution in [0.25, 0.3) is 0 Å². The first kappa shape index (κ1) is 21.6. The van der Waals surface area contributed by atoms with Crippen molar-refractivity contribution in [3.8, 4) is 5.75 Å². The van der Waals surface area contributed by atoms with Crippen LogP contribution in [0.5, 0.6) is 5.75 Å². The first-order valence-corrected chi connectivity index (χ1v) is 9.88. The Bertz CT molecular complexity index is 833. The summed E-state index contributed by atoms with van der Waals surface area (Å²) >= 11 is 0. The number of hydrogen-bond donors (Lipinski definition) is 2. The van der Waals surface area contributed by atoms with Crippen LogP contribution in [0.15, 0.2) is 48.5 Å². The number of nitrogens with zero attached hydrogens (tertiary/aromatic N) is 2. The number of likely N-dealkylation sites (N-methyl/N-ethyl adjacent to an activating group) is 1. The van der Waals surface area contributed by atoms with Gasteiger partial charge in [0.25, 0.3) is 0 Å². The fourth-order valence-corrected chi connectivity index (χ4v) is 3.20. The molecule has 8 nitrogen and oxygen atoms in total. The summed E-state index contributed by atoms with van der Waals surface area (Å²) in [6.07, 6.45) is 0. The standard InChI is InChI=1S/C22H28N4O4/c1-25(16-22(28)24-18-5-9-20(29-2)10-6-18)15-21(27)23-17-3-7-19(8-4-17)26-11-13-30-14-12-26/h3-10H,11-16H2,1-2H3,(H,23,27)(H,24,28). The fourth-order valence-electron chi connectivity index (χ4n) is 3.20. The molecule has 0 saturated carbocycles. The SMILES string of the molecule is COc1ccc(NC(=O)CN(C)CC(=O)Nc2ccc(N3CCOCC3)cc2)cc1. The van der Waals surface area contributed by atoms with Crippen LogP contribution in [0.1, 0.15) is 0 Å². The van der Waals surface area contributed by atoms with Crippen LogP contribution in [0.3, 0.4) is 0 Å². The van der Waals surface area contributed by atoms with Gasteiger partial charge >= 0.3 is 0 Å². The van der Waals surface area contributed by atoms with Crippen molar-refractivity contribution in [1.29, 1.82) is 0 Å². The third kappa shape index (κ3) is 6.47. The van der Waals surface area contributed by atoms with E-state index in [4.69, 9.17) is 9.47 Å². The van der Waals surface area contributed by atoms with Crippen molar-refractivity contribution in [2.75, 3.05) is 69.1 Å². The van der Waals surface area contributed by atoms with Crippen LogP contribution in [-0.4, -0.2) is 70.3 Å². The van der Waals surface area contributed by atoms with Gasteiger partial charge in [-0.15, -0.1) is 0 Å². The van der Waals surface area contributed by atoms with E-state index in [-0.39, 0.29) is 24.9 Å². The van der Waals surface area contributed by atoms with E-state index in [2.05, 4.69) is 15.5 Å². The van der Waals surface area contributed by atoms with Gasteiger partial charge in [-0.3, -0.25) is 14.5 Å². The Balaban J connectivity index is 1.42. The highest BCUT2D eigenvalue weighted by Crippen LogP contribution is 2.19. The number of rotatable bonds is 8. The summed E-state index contributed by atoms with van der Waals surface area (Å²) in [7, 11) is 3.32. The third-order valence-corrected chi connectivity index (χ3v) is 4.73. The van der Waals surface area contributed by atoms with E-state index in [1.54, 1.807) is 43.3 Å². The molecule has 1 aliphatic heterocycles. The number of methoxy groups -OCH3 is 1. The number of carbonyl (C=O) groups is 2. The monoisotopic (exact) mass is 412 g/mol. The Kier molecular flexibility index (Phi) is 7.64. The number of benzene rings is 2. The van der Waals surface area contributed by atoms with E-state index in [0.29, 0.717) is 5.69 Å². The largest absolute Gasteiger partial charge is 0.497 e. The number of morpholine rings is 1. The molecule has 0 radical (unpaired) electrons. The van der Waals surface area contributed by atoms with Gasteiger partial charge in [-0.05, 0) is 55.6 Å². The van der Waals surface area contributed by atoms with Crippen molar-refractivity contribution in [2.45, 2.75) is 0 Å². The lowest BCUT2D eigenvalue weighted by atomic mass is 10.2. The second-order valence-electron chi connectivity index (χ2n) is 7.14. The van der Waals surface area contributed by atoms with Gasteiger partial charge in [0.15, 0.2) is 0 Å². The van der Waals surface area contributed by atoms with Crippen LogP contribution < -0.4 is 20.3 Å². The molecule has 0 spiro atoms. The molecule has 2 N–H and O–H groups in total. The van der Waals surface area contributed by atoms with Gasteiger partial charge in [-0.25, -0.2) is 0 Å². The van der Waals surface area contributed by atoms with E-state index in [1.807, 2.05) is 24.3 Å². The van der Waals surface area contributed by atoms with Crippen LogP contribution >= 0.6 is 0 Å². The number of nitrogens with one attached hydrogen (secondary N) is 2. The lowest BCUT2D eigenvalue weighted by Crippen LogP contribution is -2.36. The third-order valence-electron chi connectivity index (χ3n) is 4.73. The van der Waals surface area contributed by atoms with Crippen molar-refractivity contribution >= 4 is 28.9 Å². The van der Waals surface area contributed by atoms with Gasteiger partial charge in [-0.2, -0.15) is 0 Å². The normalized spacial score (nSPS) is 13.8. The molecule has 1 fully saturated rings. The number of anilines is 3. The Morgan fingerprint density at radius 1 is 0.933 bits per heavy atom. The van der Waals surface area contributed by atoms with Crippen molar-refractivity contribution in [3.63, 3.8) is 0 Å². The van der Waals surface area contributed by atoms with E-state index < -0.39 is 0 Å². The predicted molar refractivity (Wildman–Crippen MR) is 117 cm³/mol. The number of ether oxygens (including phenoxy) is 2. The van der Waals surface area contributed by atoms with Crippen molar-refractivity contribution < 1.29 is 19.1 Å². The first-order chi connectivity index (χ1) is 14.5. The molecule has 2 amide bonds. The van der Waals surface area contributed by atoms with Crippen LogP contribution in [-0.2, 0) is 14.3 Å². The molecular formula is C22H28N4O4. The van der Waals surface area contributed by atoms with Crippen LogP contribution in [0, 0.1) is 0 Å². The first-order valence-electron chi connectivity index (χ1n) is 9.88. The Labute approximate surface area is 176 Å². The summed E-state index contributed by atoms with van der Waals surface area (Å²) in [4.78, 5) is 28.4. The van der Waals surface area contributed by atoms with Gasteiger partial charge in [0.05, 0.1) is 33.4 Å². The second-order valence-corrected chi connectivity index (χ2v) is 7.14.